The molecule has 0 radical (unpaired) electrons. The van der Waals surface area contributed by atoms with Crippen molar-refractivity contribution in [1.29, 1.82) is 0 Å². The largest absolute Gasteiger partial charge is 0.354 e. The third-order valence-corrected chi connectivity index (χ3v) is 4.86. The lowest BCUT2D eigenvalue weighted by Gasteiger charge is -2.32. The lowest BCUT2D eigenvalue weighted by Crippen LogP contribution is -2.41. The summed E-state index contributed by atoms with van der Waals surface area (Å²) in [6, 6.07) is 10.7. The van der Waals surface area contributed by atoms with Gasteiger partial charge < -0.3 is 15.5 Å². The molecule has 7 nitrogen and oxygen atoms in total. The van der Waals surface area contributed by atoms with E-state index in [-0.39, 0.29) is 23.7 Å². The van der Waals surface area contributed by atoms with Crippen LogP contribution in [0.3, 0.4) is 0 Å². The number of amides is 2. The number of anilines is 3. The first-order chi connectivity index (χ1) is 13.4. The number of carbonyl (C=O) groups excluding carboxylic acids is 2. The quantitative estimate of drug-likeness (QED) is 0.799. The van der Waals surface area contributed by atoms with E-state index in [9.17, 15) is 9.59 Å². The zero-order chi connectivity index (χ0) is 20.1. The van der Waals surface area contributed by atoms with Gasteiger partial charge in [0.25, 0.3) is 0 Å². The molecule has 1 atom stereocenters. The van der Waals surface area contributed by atoms with E-state index in [0.29, 0.717) is 23.1 Å². The Morgan fingerprint density at radius 2 is 1.89 bits per heavy atom. The van der Waals surface area contributed by atoms with Crippen molar-refractivity contribution in [2.75, 3.05) is 28.6 Å². The summed E-state index contributed by atoms with van der Waals surface area (Å²) in [4.78, 5) is 26.7. The summed E-state index contributed by atoms with van der Waals surface area (Å²) >= 11 is 5.80. The van der Waals surface area contributed by atoms with Crippen LogP contribution in [0.4, 0.5) is 17.2 Å². The third-order valence-electron chi connectivity index (χ3n) is 4.66. The molecule has 3 rings (SSSR count). The van der Waals surface area contributed by atoms with Gasteiger partial charge in [0.1, 0.15) is 0 Å². The van der Waals surface area contributed by atoms with Crippen molar-refractivity contribution in [2.45, 2.75) is 26.7 Å². The van der Waals surface area contributed by atoms with Gasteiger partial charge in [0, 0.05) is 30.4 Å². The van der Waals surface area contributed by atoms with E-state index in [2.05, 4.69) is 25.7 Å². The van der Waals surface area contributed by atoms with E-state index in [1.54, 1.807) is 18.2 Å². The molecule has 1 aliphatic heterocycles. The average molecular weight is 402 g/mol. The summed E-state index contributed by atoms with van der Waals surface area (Å²) < 4.78 is 0. The molecular weight excluding hydrogens is 378 g/mol. The Hall–Kier alpha value is -2.67. The molecule has 1 aromatic heterocycles. The molecule has 1 fully saturated rings. The minimum atomic E-state index is -0.153. The number of hydrogen-bond acceptors (Lipinski definition) is 5. The third kappa shape index (κ3) is 5.19. The predicted molar refractivity (Wildman–Crippen MR) is 111 cm³/mol. The molecule has 2 aromatic rings. The highest BCUT2D eigenvalue weighted by Crippen LogP contribution is 2.24. The zero-order valence-corrected chi connectivity index (χ0v) is 16.7. The van der Waals surface area contributed by atoms with Crippen molar-refractivity contribution in [3.05, 3.63) is 41.6 Å². The molecule has 1 aliphatic rings. The molecule has 0 saturated carbocycles. The van der Waals surface area contributed by atoms with Gasteiger partial charge in [-0.2, -0.15) is 0 Å². The predicted octanol–water partition coefficient (Wildman–Crippen LogP) is 3.58. The first kappa shape index (κ1) is 20.1. The van der Waals surface area contributed by atoms with Gasteiger partial charge in [-0.1, -0.05) is 31.5 Å². The SMILES string of the molecule is CC(C)C(=O)Nc1cccc(NC(=O)C2CCCN(c3ccc(Cl)nn3)C2)c1. The molecule has 0 spiro atoms. The average Bonchev–Trinajstić information content (AvgIpc) is 2.69. The topological polar surface area (TPSA) is 87.2 Å². The summed E-state index contributed by atoms with van der Waals surface area (Å²) in [7, 11) is 0. The van der Waals surface area contributed by atoms with Gasteiger partial charge in [0.05, 0.1) is 5.92 Å². The minimum absolute atomic E-state index is 0.0426. The van der Waals surface area contributed by atoms with Gasteiger partial charge in [0.2, 0.25) is 11.8 Å². The van der Waals surface area contributed by atoms with Crippen LogP contribution in [0.2, 0.25) is 5.15 Å². The van der Waals surface area contributed by atoms with Gasteiger partial charge >= 0.3 is 0 Å². The number of piperidine rings is 1. The maximum absolute atomic E-state index is 12.8. The second-order valence-electron chi connectivity index (χ2n) is 7.21. The summed E-state index contributed by atoms with van der Waals surface area (Å²) in [6.45, 7) is 5.07. The fourth-order valence-corrected chi connectivity index (χ4v) is 3.18. The minimum Gasteiger partial charge on any atom is -0.354 e. The van der Waals surface area contributed by atoms with E-state index in [0.717, 1.165) is 25.2 Å². The number of halogens is 1. The molecular formula is C20H24ClN5O2. The number of aromatic nitrogens is 2. The molecule has 0 bridgehead atoms. The molecule has 0 aliphatic carbocycles. The van der Waals surface area contributed by atoms with Crippen LogP contribution < -0.4 is 15.5 Å². The molecule has 1 aromatic carbocycles. The summed E-state index contributed by atoms with van der Waals surface area (Å²) in [6.07, 6.45) is 1.71. The molecule has 1 saturated heterocycles. The second kappa shape index (κ2) is 9.01. The first-order valence-electron chi connectivity index (χ1n) is 9.38. The summed E-state index contributed by atoms with van der Waals surface area (Å²) in [5.41, 5.74) is 1.33. The van der Waals surface area contributed by atoms with Crippen molar-refractivity contribution in [3.8, 4) is 0 Å². The van der Waals surface area contributed by atoms with E-state index < -0.39 is 0 Å². The highest BCUT2D eigenvalue weighted by Gasteiger charge is 2.27. The van der Waals surface area contributed by atoms with Gasteiger partial charge in [0.15, 0.2) is 11.0 Å². The Morgan fingerprint density at radius 3 is 2.57 bits per heavy atom. The smallest absolute Gasteiger partial charge is 0.229 e. The van der Waals surface area contributed by atoms with Gasteiger partial charge in [-0.15, -0.1) is 10.2 Å². The van der Waals surface area contributed by atoms with Crippen LogP contribution in [-0.2, 0) is 9.59 Å². The highest BCUT2D eigenvalue weighted by atomic mass is 35.5. The fraction of sp³-hybridized carbons (Fsp3) is 0.400. The number of carbonyl (C=O) groups is 2. The molecule has 1 unspecified atom stereocenters. The maximum Gasteiger partial charge on any atom is 0.229 e. The van der Waals surface area contributed by atoms with Crippen LogP contribution in [0.25, 0.3) is 0 Å². The number of nitrogens with one attached hydrogen (secondary N) is 2. The Labute approximate surface area is 169 Å². The van der Waals surface area contributed by atoms with Gasteiger partial charge in [-0.25, -0.2) is 0 Å². The van der Waals surface area contributed by atoms with Crippen molar-refractivity contribution < 1.29 is 9.59 Å². The first-order valence-corrected chi connectivity index (χ1v) is 9.76. The molecule has 2 N–H and O–H groups in total. The highest BCUT2D eigenvalue weighted by molar-refractivity contribution is 6.29. The molecule has 2 amide bonds. The van der Waals surface area contributed by atoms with E-state index in [4.69, 9.17) is 11.6 Å². The number of hydrogen-bond donors (Lipinski definition) is 2. The summed E-state index contributed by atoms with van der Waals surface area (Å²) in [5, 5.41) is 14.1. The molecule has 2 heterocycles. The standard InChI is InChI=1S/C20H24ClN5O2/c1-13(2)19(27)22-15-6-3-7-16(11-15)23-20(28)14-5-4-10-26(12-14)18-9-8-17(21)24-25-18/h3,6-9,11,13-14H,4-5,10,12H2,1-2H3,(H,22,27)(H,23,28). The lowest BCUT2D eigenvalue weighted by molar-refractivity contribution is -0.120. The van der Waals surface area contributed by atoms with Crippen molar-refractivity contribution in [2.24, 2.45) is 11.8 Å². The molecule has 8 heteroatoms. The maximum atomic E-state index is 12.8. The Morgan fingerprint density at radius 1 is 1.14 bits per heavy atom. The van der Waals surface area contributed by atoms with E-state index in [1.807, 2.05) is 32.0 Å². The normalized spacial score (nSPS) is 16.7. The van der Waals surface area contributed by atoms with Crippen molar-refractivity contribution in [1.82, 2.24) is 10.2 Å². The number of rotatable bonds is 5. The van der Waals surface area contributed by atoms with Crippen LogP contribution in [0.15, 0.2) is 36.4 Å². The van der Waals surface area contributed by atoms with Crippen molar-refractivity contribution in [3.63, 3.8) is 0 Å². The number of nitrogens with zero attached hydrogens (tertiary/aromatic N) is 3. The molecule has 148 valence electrons. The van der Waals surface area contributed by atoms with Crippen molar-refractivity contribution >= 4 is 40.6 Å². The van der Waals surface area contributed by atoms with Crippen LogP contribution in [0.5, 0.6) is 0 Å². The van der Waals surface area contributed by atoms with Crippen LogP contribution in [-0.4, -0.2) is 35.1 Å². The fourth-order valence-electron chi connectivity index (χ4n) is 3.08. The Bertz CT molecular complexity index is 841. The van der Waals surface area contributed by atoms with E-state index in [1.165, 1.54) is 0 Å². The second-order valence-corrected chi connectivity index (χ2v) is 7.60. The van der Waals surface area contributed by atoms with Crippen LogP contribution >= 0.6 is 11.6 Å². The zero-order valence-electron chi connectivity index (χ0n) is 16.0. The Kier molecular flexibility index (Phi) is 6.46. The molecule has 28 heavy (non-hydrogen) atoms. The van der Waals surface area contributed by atoms with Crippen LogP contribution in [0.1, 0.15) is 26.7 Å². The van der Waals surface area contributed by atoms with Crippen LogP contribution in [0, 0.1) is 11.8 Å². The van der Waals surface area contributed by atoms with Gasteiger partial charge in [-0.05, 0) is 43.2 Å². The lowest BCUT2D eigenvalue weighted by atomic mass is 9.97. The van der Waals surface area contributed by atoms with E-state index >= 15 is 0 Å². The Balaban J connectivity index is 1.62. The summed E-state index contributed by atoms with van der Waals surface area (Å²) in [5.74, 6) is 0.359. The number of benzene rings is 1. The van der Waals surface area contributed by atoms with Gasteiger partial charge in [-0.3, -0.25) is 9.59 Å². The monoisotopic (exact) mass is 401 g/mol.